The molecule has 0 spiro atoms. The number of hydrogen-bond donors (Lipinski definition) is 2. The average molecular weight is 348 g/mol. The number of carbonyl (C=O) groups is 2. The number of benzene rings is 1. The minimum Gasteiger partial charge on any atom is -0.478 e. The molecule has 0 saturated heterocycles. The minimum atomic E-state index is -1.05. The topological polar surface area (TPSA) is 119 Å². The molecular weight excluding hydrogens is 328 g/mol. The lowest BCUT2D eigenvalue weighted by atomic mass is 9.80. The van der Waals surface area contributed by atoms with Crippen LogP contribution in [0.3, 0.4) is 0 Å². The molecule has 1 atom stereocenters. The first-order valence-electron chi connectivity index (χ1n) is 7.33. The Kier molecular flexibility index (Phi) is 6.86. The van der Waals surface area contributed by atoms with Crippen LogP contribution in [0.4, 0.5) is 0 Å². The maximum atomic E-state index is 12.1. The molecule has 0 saturated carbocycles. The quantitative estimate of drug-likeness (QED) is 0.487. The van der Waals surface area contributed by atoms with Gasteiger partial charge in [-0.2, -0.15) is 0 Å². The number of esters is 1. The van der Waals surface area contributed by atoms with E-state index in [0.717, 1.165) is 12.6 Å². The van der Waals surface area contributed by atoms with Gasteiger partial charge >= 0.3 is 11.9 Å². The summed E-state index contributed by atoms with van der Waals surface area (Å²) in [7, 11) is 2.18. The predicted octanol–water partition coefficient (Wildman–Crippen LogP) is 2.07. The lowest BCUT2D eigenvalue weighted by Gasteiger charge is -2.29. The summed E-state index contributed by atoms with van der Waals surface area (Å²) in [4.78, 5) is 32.0. The van der Waals surface area contributed by atoms with Crippen LogP contribution in [0.15, 0.2) is 52.9 Å². The molecule has 0 amide bonds. The number of allylic oxidation sites excluding steroid dienone is 2. The zero-order chi connectivity index (χ0) is 19.1. The summed E-state index contributed by atoms with van der Waals surface area (Å²) in [6, 6.07) is 9.09. The molecule has 1 aliphatic rings. The fourth-order valence-corrected chi connectivity index (χ4v) is 2.64. The Morgan fingerprint density at radius 3 is 2.08 bits per heavy atom. The number of nitrogens with zero attached hydrogens (tertiary/aromatic N) is 1. The number of hydrogen-bond acceptors (Lipinski definition) is 6. The number of carbonyl (C=O) groups excluding carboxylic acids is 1. The smallest absolute Gasteiger partial charge is 0.336 e. The number of aliphatic carboxylic acids is 1. The molecule has 0 aliphatic carbocycles. The van der Waals surface area contributed by atoms with Crippen molar-refractivity contribution in [3.8, 4) is 0 Å². The van der Waals surface area contributed by atoms with Crippen molar-refractivity contribution in [2.24, 2.45) is 0 Å². The maximum Gasteiger partial charge on any atom is 0.336 e. The van der Waals surface area contributed by atoms with E-state index in [1.54, 1.807) is 13.8 Å². The second-order valence-electron chi connectivity index (χ2n) is 5.28. The third kappa shape index (κ3) is 4.90. The Balaban J connectivity index is 0.000000705. The Morgan fingerprint density at radius 1 is 1.16 bits per heavy atom. The van der Waals surface area contributed by atoms with Crippen LogP contribution < -0.4 is 5.32 Å². The molecule has 1 unspecified atom stereocenters. The van der Waals surface area contributed by atoms with Gasteiger partial charge in [0.15, 0.2) is 7.05 Å². The summed E-state index contributed by atoms with van der Waals surface area (Å²) in [5.41, 5.74) is 2.37. The van der Waals surface area contributed by atoms with Gasteiger partial charge in [0, 0.05) is 16.3 Å². The van der Waals surface area contributed by atoms with E-state index in [9.17, 15) is 14.7 Å². The molecule has 1 aliphatic heterocycles. The van der Waals surface area contributed by atoms with Gasteiger partial charge < -0.3 is 15.2 Å². The summed E-state index contributed by atoms with van der Waals surface area (Å²) in [6.45, 7) is 3.43. The zero-order valence-corrected chi connectivity index (χ0v) is 14.4. The Labute approximate surface area is 145 Å². The molecule has 1 aromatic rings. The summed E-state index contributed by atoms with van der Waals surface area (Å²) in [6.07, 6.45) is 0. The minimum absolute atomic E-state index is 0.159. The molecule has 8 nitrogen and oxygen atoms in total. The molecule has 8 heteroatoms. The van der Waals surface area contributed by atoms with Gasteiger partial charge in [0.05, 0.1) is 24.2 Å². The molecule has 2 rings (SSSR count). The first-order valence-corrected chi connectivity index (χ1v) is 7.33. The number of methoxy groups -OCH3 is 1. The van der Waals surface area contributed by atoms with Crippen LogP contribution in [-0.4, -0.2) is 36.1 Å². The Hall–Kier alpha value is -3.16. The van der Waals surface area contributed by atoms with E-state index in [-0.39, 0.29) is 5.57 Å². The van der Waals surface area contributed by atoms with Crippen molar-refractivity contribution in [3.63, 3.8) is 0 Å². The van der Waals surface area contributed by atoms with Crippen molar-refractivity contribution >= 4 is 11.9 Å². The standard InChI is InChI=1S/C16H17NO4.CH3NO2/c1-9-12(15(18)19)14(11-7-5-4-6-8-11)13(10(2)17-9)16(20)21-3;1-2(3)4/h4-8,14,17H,1-3H3,(H,18,19);1H3. The van der Waals surface area contributed by atoms with Gasteiger partial charge in [0.2, 0.25) is 0 Å². The number of dihydropyridines is 1. The van der Waals surface area contributed by atoms with Crippen molar-refractivity contribution in [2.45, 2.75) is 19.8 Å². The lowest BCUT2D eigenvalue weighted by Crippen LogP contribution is -2.31. The van der Waals surface area contributed by atoms with E-state index in [0.29, 0.717) is 17.0 Å². The van der Waals surface area contributed by atoms with Gasteiger partial charge in [-0.25, -0.2) is 9.59 Å². The van der Waals surface area contributed by atoms with Crippen LogP contribution in [0.25, 0.3) is 0 Å². The summed E-state index contributed by atoms with van der Waals surface area (Å²) in [5.74, 6) is -2.22. The van der Waals surface area contributed by atoms with Crippen LogP contribution in [0.5, 0.6) is 0 Å². The number of ether oxygens (including phenoxy) is 1. The van der Waals surface area contributed by atoms with E-state index < -0.39 is 22.8 Å². The highest BCUT2D eigenvalue weighted by atomic mass is 16.6. The van der Waals surface area contributed by atoms with Crippen LogP contribution >= 0.6 is 0 Å². The molecule has 134 valence electrons. The van der Waals surface area contributed by atoms with E-state index in [2.05, 4.69) is 5.32 Å². The molecule has 0 fully saturated rings. The van der Waals surface area contributed by atoms with Crippen LogP contribution in [0.1, 0.15) is 25.3 Å². The van der Waals surface area contributed by atoms with Gasteiger partial charge in [-0.1, -0.05) is 30.3 Å². The SMILES string of the molecule is COC(=O)C1=C(C)NC(C)=C(C(=O)O)C1c1ccccc1.C[N+](=O)[O-]. The average Bonchev–Trinajstić information content (AvgIpc) is 2.53. The van der Waals surface area contributed by atoms with E-state index >= 15 is 0 Å². The van der Waals surface area contributed by atoms with E-state index in [4.69, 9.17) is 14.9 Å². The van der Waals surface area contributed by atoms with Gasteiger partial charge in [-0.3, -0.25) is 10.1 Å². The van der Waals surface area contributed by atoms with Crippen molar-refractivity contribution in [1.82, 2.24) is 5.32 Å². The normalized spacial score (nSPS) is 16.4. The Bertz CT molecular complexity index is 733. The number of nitro groups is 1. The van der Waals surface area contributed by atoms with Crippen molar-refractivity contribution in [2.75, 3.05) is 14.2 Å². The van der Waals surface area contributed by atoms with Gasteiger partial charge in [0.25, 0.3) is 0 Å². The summed E-state index contributed by atoms with van der Waals surface area (Å²) >= 11 is 0. The van der Waals surface area contributed by atoms with Gasteiger partial charge in [0.1, 0.15) is 0 Å². The number of rotatable bonds is 3. The monoisotopic (exact) mass is 348 g/mol. The molecule has 2 N–H and O–H groups in total. The number of carboxylic acids is 1. The molecule has 0 bridgehead atoms. The van der Waals surface area contributed by atoms with E-state index in [1.807, 2.05) is 30.3 Å². The summed E-state index contributed by atoms with van der Waals surface area (Å²) in [5, 5.41) is 21.3. The summed E-state index contributed by atoms with van der Waals surface area (Å²) < 4.78 is 4.82. The molecule has 25 heavy (non-hydrogen) atoms. The fourth-order valence-electron chi connectivity index (χ4n) is 2.64. The van der Waals surface area contributed by atoms with E-state index in [1.165, 1.54) is 7.11 Å². The van der Waals surface area contributed by atoms with Crippen LogP contribution in [0.2, 0.25) is 0 Å². The highest BCUT2D eigenvalue weighted by Crippen LogP contribution is 2.38. The zero-order valence-electron chi connectivity index (χ0n) is 14.4. The molecule has 1 aromatic carbocycles. The highest BCUT2D eigenvalue weighted by Gasteiger charge is 2.36. The third-order valence-corrected chi connectivity index (χ3v) is 3.53. The first kappa shape index (κ1) is 19.9. The lowest BCUT2D eigenvalue weighted by molar-refractivity contribution is -0.445. The molecule has 0 radical (unpaired) electrons. The fraction of sp³-hybridized carbons (Fsp3) is 0.294. The number of nitrogens with one attached hydrogen (secondary N) is 1. The second kappa shape index (κ2) is 8.62. The molecule has 0 aromatic heterocycles. The first-order chi connectivity index (χ1) is 11.7. The molecular formula is C17H20N2O6. The third-order valence-electron chi connectivity index (χ3n) is 3.53. The largest absolute Gasteiger partial charge is 0.478 e. The number of carboxylic acid groups (broad SMARTS) is 1. The van der Waals surface area contributed by atoms with Gasteiger partial charge in [-0.05, 0) is 19.4 Å². The van der Waals surface area contributed by atoms with Gasteiger partial charge in [-0.15, -0.1) is 0 Å². The van der Waals surface area contributed by atoms with Crippen LogP contribution in [-0.2, 0) is 14.3 Å². The second-order valence-corrected chi connectivity index (χ2v) is 5.28. The molecule has 1 heterocycles. The van der Waals surface area contributed by atoms with Crippen molar-refractivity contribution in [1.29, 1.82) is 0 Å². The van der Waals surface area contributed by atoms with Crippen molar-refractivity contribution < 1.29 is 24.4 Å². The highest BCUT2D eigenvalue weighted by molar-refractivity contribution is 5.99. The predicted molar refractivity (Wildman–Crippen MR) is 90.3 cm³/mol. The van der Waals surface area contributed by atoms with Crippen LogP contribution in [0, 0.1) is 10.1 Å². The Morgan fingerprint density at radius 2 is 1.64 bits per heavy atom. The maximum absolute atomic E-state index is 12.1. The van der Waals surface area contributed by atoms with Crippen molar-refractivity contribution in [3.05, 3.63) is 68.5 Å².